The molecule has 166 valence electrons. The SMILES string of the molecule is Cc1nn(C)c(C)c1/C(O)=C1\C(=O)C(=O)N(CCCn2ccnc2)C1c1cccc(Cl)c1. The summed E-state index contributed by atoms with van der Waals surface area (Å²) in [5, 5.41) is 16.1. The fourth-order valence-corrected chi connectivity index (χ4v) is 4.43. The van der Waals surface area contributed by atoms with Crippen LogP contribution in [0.4, 0.5) is 0 Å². The number of aromatic nitrogens is 4. The monoisotopic (exact) mass is 453 g/mol. The van der Waals surface area contributed by atoms with Crippen LogP contribution in [0.15, 0.2) is 48.6 Å². The van der Waals surface area contributed by atoms with E-state index in [1.807, 2.05) is 23.8 Å². The molecular formula is C23H24ClN5O3. The quantitative estimate of drug-likeness (QED) is 0.351. The van der Waals surface area contributed by atoms with Crippen LogP contribution in [-0.4, -0.2) is 47.6 Å². The van der Waals surface area contributed by atoms with Crippen molar-refractivity contribution in [3.8, 4) is 0 Å². The van der Waals surface area contributed by atoms with Crippen molar-refractivity contribution in [2.24, 2.45) is 7.05 Å². The third-order valence-corrected chi connectivity index (χ3v) is 6.06. The second-order valence-electron chi connectivity index (χ2n) is 7.87. The van der Waals surface area contributed by atoms with Gasteiger partial charge >= 0.3 is 0 Å². The summed E-state index contributed by atoms with van der Waals surface area (Å²) in [6.45, 7) is 4.55. The Balaban J connectivity index is 1.79. The van der Waals surface area contributed by atoms with E-state index in [1.165, 1.54) is 4.90 Å². The Morgan fingerprint density at radius 3 is 2.62 bits per heavy atom. The van der Waals surface area contributed by atoms with Gasteiger partial charge in [0, 0.05) is 43.2 Å². The average molecular weight is 454 g/mol. The molecule has 0 spiro atoms. The molecule has 32 heavy (non-hydrogen) atoms. The van der Waals surface area contributed by atoms with Crippen molar-refractivity contribution in [3.05, 3.63) is 76.1 Å². The van der Waals surface area contributed by atoms with E-state index < -0.39 is 17.7 Å². The normalized spacial score (nSPS) is 18.0. The molecule has 0 aliphatic carbocycles. The molecule has 1 aliphatic heterocycles. The van der Waals surface area contributed by atoms with E-state index in [-0.39, 0.29) is 11.3 Å². The number of ketones is 1. The van der Waals surface area contributed by atoms with E-state index in [1.54, 1.807) is 49.4 Å². The molecule has 1 N–H and O–H groups in total. The summed E-state index contributed by atoms with van der Waals surface area (Å²) < 4.78 is 3.55. The molecule has 8 nitrogen and oxygen atoms in total. The first kappa shape index (κ1) is 21.8. The van der Waals surface area contributed by atoms with Gasteiger partial charge in [0.05, 0.1) is 29.2 Å². The first-order chi connectivity index (χ1) is 15.3. The van der Waals surface area contributed by atoms with Crippen LogP contribution in [0.3, 0.4) is 0 Å². The smallest absolute Gasteiger partial charge is 0.295 e. The zero-order chi connectivity index (χ0) is 23.0. The van der Waals surface area contributed by atoms with Gasteiger partial charge in [-0.25, -0.2) is 4.98 Å². The van der Waals surface area contributed by atoms with Crippen LogP contribution in [0.25, 0.3) is 5.76 Å². The van der Waals surface area contributed by atoms with Crippen LogP contribution < -0.4 is 0 Å². The first-order valence-electron chi connectivity index (χ1n) is 10.3. The van der Waals surface area contributed by atoms with Crippen LogP contribution in [0, 0.1) is 13.8 Å². The molecule has 1 amide bonds. The third-order valence-electron chi connectivity index (χ3n) is 5.82. The number of hydrogen-bond acceptors (Lipinski definition) is 5. The van der Waals surface area contributed by atoms with Gasteiger partial charge in [0.1, 0.15) is 5.76 Å². The number of imidazole rings is 1. The number of likely N-dealkylation sites (tertiary alicyclic amines) is 1. The maximum atomic E-state index is 13.1. The lowest BCUT2D eigenvalue weighted by Gasteiger charge is -2.25. The van der Waals surface area contributed by atoms with Crippen molar-refractivity contribution in [1.29, 1.82) is 0 Å². The van der Waals surface area contributed by atoms with Crippen LogP contribution in [0.1, 0.15) is 35.0 Å². The second-order valence-corrected chi connectivity index (χ2v) is 8.31. The number of carbonyl (C=O) groups excluding carboxylic acids is 2. The van der Waals surface area contributed by atoms with E-state index >= 15 is 0 Å². The number of amides is 1. The van der Waals surface area contributed by atoms with E-state index in [0.29, 0.717) is 47.0 Å². The summed E-state index contributed by atoms with van der Waals surface area (Å²) >= 11 is 6.22. The molecule has 3 heterocycles. The van der Waals surface area contributed by atoms with Gasteiger partial charge in [-0.2, -0.15) is 5.10 Å². The fourth-order valence-electron chi connectivity index (χ4n) is 4.23. The van der Waals surface area contributed by atoms with Gasteiger partial charge in [0.15, 0.2) is 0 Å². The van der Waals surface area contributed by atoms with Gasteiger partial charge in [-0.1, -0.05) is 23.7 Å². The summed E-state index contributed by atoms with van der Waals surface area (Å²) in [7, 11) is 1.77. The Bertz CT molecular complexity index is 1210. The Morgan fingerprint density at radius 2 is 2.00 bits per heavy atom. The number of aliphatic hydroxyl groups excluding tert-OH is 1. The zero-order valence-corrected chi connectivity index (χ0v) is 18.9. The highest BCUT2D eigenvalue weighted by atomic mass is 35.5. The lowest BCUT2D eigenvalue weighted by Crippen LogP contribution is -2.31. The molecule has 1 fully saturated rings. The summed E-state index contributed by atoms with van der Waals surface area (Å²) in [6.07, 6.45) is 5.86. The largest absolute Gasteiger partial charge is 0.507 e. The summed E-state index contributed by atoms with van der Waals surface area (Å²) in [5.74, 6) is -1.56. The van der Waals surface area contributed by atoms with Gasteiger partial charge in [0.25, 0.3) is 11.7 Å². The predicted molar refractivity (Wildman–Crippen MR) is 120 cm³/mol. The first-order valence-corrected chi connectivity index (χ1v) is 10.7. The summed E-state index contributed by atoms with van der Waals surface area (Å²) in [4.78, 5) is 31.7. The maximum Gasteiger partial charge on any atom is 0.295 e. The second kappa shape index (κ2) is 8.63. The molecule has 1 saturated heterocycles. The van der Waals surface area contributed by atoms with Crippen molar-refractivity contribution >= 4 is 29.1 Å². The van der Waals surface area contributed by atoms with Crippen LogP contribution in [0.5, 0.6) is 0 Å². The number of hydrogen-bond donors (Lipinski definition) is 1. The molecule has 1 aromatic carbocycles. The maximum absolute atomic E-state index is 13.1. The molecule has 3 aromatic rings. The molecular weight excluding hydrogens is 430 g/mol. The fraction of sp³-hybridized carbons (Fsp3) is 0.304. The third kappa shape index (κ3) is 3.82. The highest BCUT2D eigenvalue weighted by Gasteiger charge is 2.46. The highest BCUT2D eigenvalue weighted by molar-refractivity contribution is 6.46. The number of nitrogens with zero attached hydrogens (tertiary/aromatic N) is 5. The summed E-state index contributed by atoms with van der Waals surface area (Å²) in [6, 6.07) is 6.28. The van der Waals surface area contributed by atoms with Gasteiger partial charge in [-0.15, -0.1) is 0 Å². The zero-order valence-electron chi connectivity index (χ0n) is 18.1. The van der Waals surface area contributed by atoms with Gasteiger partial charge < -0.3 is 14.6 Å². The molecule has 0 saturated carbocycles. The lowest BCUT2D eigenvalue weighted by molar-refractivity contribution is -0.139. The molecule has 9 heteroatoms. The molecule has 4 rings (SSSR count). The predicted octanol–water partition coefficient (Wildman–Crippen LogP) is 3.40. The summed E-state index contributed by atoms with van der Waals surface area (Å²) in [5.41, 5.74) is 2.48. The molecule has 1 aliphatic rings. The van der Waals surface area contributed by atoms with Crippen LogP contribution >= 0.6 is 11.6 Å². The van der Waals surface area contributed by atoms with Crippen molar-refractivity contribution < 1.29 is 14.7 Å². The van der Waals surface area contributed by atoms with Crippen LogP contribution in [0.2, 0.25) is 5.02 Å². The van der Waals surface area contributed by atoms with Gasteiger partial charge in [0.2, 0.25) is 0 Å². The molecule has 2 aromatic heterocycles. The van der Waals surface area contributed by atoms with Crippen LogP contribution in [-0.2, 0) is 23.2 Å². The number of Topliss-reactive ketones (excluding diaryl/α,β-unsaturated/α-hetero) is 1. The number of rotatable bonds is 6. The molecule has 0 radical (unpaired) electrons. The van der Waals surface area contributed by atoms with Gasteiger partial charge in [-0.05, 0) is 38.0 Å². The topological polar surface area (TPSA) is 93.2 Å². The van der Waals surface area contributed by atoms with E-state index in [9.17, 15) is 14.7 Å². The Labute approximate surface area is 190 Å². The Morgan fingerprint density at radius 1 is 1.22 bits per heavy atom. The standard InChI is InChI=1S/C23H24ClN5O3/c1-14-18(15(2)27(3)26-14)21(30)19-20(16-6-4-7-17(24)12-16)29(23(32)22(19)31)10-5-9-28-11-8-25-13-28/h4,6-8,11-13,20,30H,5,9-10H2,1-3H3/b21-19+. The molecule has 0 bridgehead atoms. The van der Waals surface area contributed by atoms with Crippen molar-refractivity contribution in [2.45, 2.75) is 32.9 Å². The Kier molecular flexibility index (Phi) is 5.88. The Hall–Kier alpha value is -3.39. The molecule has 1 unspecified atom stereocenters. The van der Waals surface area contributed by atoms with E-state index in [2.05, 4.69) is 10.1 Å². The number of halogens is 1. The number of benzene rings is 1. The average Bonchev–Trinajstić information content (AvgIpc) is 3.42. The minimum absolute atomic E-state index is 0.0547. The molecule has 1 atom stereocenters. The lowest BCUT2D eigenvalue weighted by atomic mass is 9.94. The minimum Gasteiger partial charge on any atom is -0.507 e. The number of aliphatic hydroxyl groups is 1. The highest BCUT2D eigenvalue weighted by Crippen LogP contribution is 2.41. The van der Waals surface area contributed by atoms with E-state index in [0.717, 1.165) is 0 Å². The van der Waals surface area contributed by atoms with E-state index in [4.69, 9.17) is 11.6 Å². The van der Waals surface area contributed by atoms with Crippen molar-refractivity contribution in [1.82, 2.24) is 24.2 Å². The number of carbonyl (C=O) groups is 2. The van der Waals surface area contributed by atoms with Gasteiger partial charge in [-0.3, -0.25) is 14.3 Å². The minimum atomic E-state index is -0.740. The number of aryl methyl sites for hydroxylation is 3. The van der Waals surface area contributed by atoms with Crippen molar-refractivity contribution in [3.63, 3.8) is 0 Å². The van der Waals surface area contributed by atoms with Crippen molar-refractivity contribution in [2.75, 3.05) is 6.54 Å².